The molecule has 1 aliphatic rings. The maximum atomic E-state index is 12.6. The number of carbonyl (C=O) groups excluding carboxylic acids is 2. The zero-order valence-corrected chi connectivity index (χ0v) is 18.1. The van der Waals surface area contributed by atoms with Gasteiger partial charge < -0.3 is 21.5 Å². The van der Waals surface area contributed by atoms with Crippen molar-refractivity contribution in [3.05, 3.63) is 87.7 Å². The maximum absolute atomic E-state index is 12.6. The number of hydrogen-bond acceptors (Lipinski definition) is 5. The quantitative estimate of drug-likeness (QED) is 0.498. The van der Waals surface area contributed by atoms with Crippen LogP contribution < -0.4 is 21.5 Å². The Hall–Kier alpha value is -3.58. The molecule has 0 saturated heterocycles. The number of amides is 2. The number of nitrogens with two attached hydrogens (primary N) is 2. The Balaban J connectivity index is 1.40. The lowest BCUT2D eigenvalue weighted by Crippen LogP contribution is -2.38. The van der Waals surface area contributed by atoms with Gasteiger partial charge in [0.25, 0.3) is 11.8 Å². The van der Waals surface area contributed by atoms with E-state index in [-0.39, 0.29) is 17.6 Å². The minimum absolute atomic E-state index is 0.0143. The summed E-state index contributed by atoms with van der Waals surface area (Å²) < 4.78 is 5.91. The standard InChI is InChI=1S/C24H23ClN4O3/c25-20-6-3-16(12-21(20)26)24(31)29-18-4-1-15-2-5-19(11-17(15)10-18)32-13-14-7-8-28-22(9-14)23(27)30/h2-3,5-9,11-12,18H,1,4,10,13,26H2,(H2,27,30)(H,29,31). The van der Waals surface area contributed by atoms with Crippen molar-refractivity contribution in [1.82, 2.24) is 10.3 Å². The molecule has 1 atom stereocenters. The molecule has 0 aliphatic heterocycles. The number of hydrogen-bond donors (Lipinski definition) is 3. The number of nitrogen functional groups attached to an aromatic ring is 1. The van der Waals surface area contributed by atoms with E-state index in [1.165, 1.54) is 11.8 Å². The van der Waals surface area contributed by atoms with Crippen LogP contribution in [0.4, 0.5) is 5.69 Å². The highest BCUT2D eigenvalue weighted by Gasteiger charge is 2.21. The van der Waals surface area contributed by atoms with Gasteiger partial charge in [0.2, 0.25) is 0 Å². The van der Waals surface area contributed by atoms with E-state index in [4.69, 9.17) is 27.8 Å². The van der Waals surface area contributed by atoms with Gasteiger partial charge in [0.1, 0.15) is 18.1 Å². The molecule has 8 heteroatoms. The Morgan fingerprint density at radius 3 is 2.75 bits per heavy atom. The molecular formula is C24H23ClN4O3. The Labute approximate surface area is 190 Å². The third-order valence-corrected chi connectivity index (χ3v) is 5.83. The fourth-order valence-corrected chi connectivity index (χ4v) is 3.88. The van der Waals surface area contributed by atoms with Crippen LogP contribution in [-0.2, 0) is 19.4 Å². The van der Waals surface area contributed by atoms with Gasteiger partial charge in [-0.1, -0.05) is 17.7 Å². The Kier molecular flexibility index (Phi) is 6.28. The highest BCUT2D eigenvalue weighted by molar-refractivity contribution is 6.33. The highest BCUT2D eigenvalue weighted by atomic mass is 35.5. The molecule has 164 valence electrons. The summed E-state index contributed by atoms with van der Waals surface area (Å²) in [6.45, 7) is 0.291. The molecule has 0 radical (unpaired) electrons. The zero-order valence-electron chi connectivity index (χ0n) is 17.3. The third-order valence-electron chi connectivity index (χ3n) is 5.48. The van der Waals surface area contributed by atoms with Crippen molar-refractivity contribution in [1.29, 1.82) is 0 Å². The summed E-state index contributed by atoms with van der Waals surface area (Å²) in [5.41, 5.74) is 15.4. The van der Waals surface area contributed by atoms with Crippen LogP contribution in [-0.4, -0.2) is 22.8 Å². The largest absolute Gasteiger partial charge is 0.489 e. The Morgan fingerprint density at radius 1 is 1.12 bits per heavy atom. The van der Waals surface area contributed by atoms with Gasteiger partial charge in [0, 0.05) is 17.8 Å². The van der Waals surface area contributed by atoms with Crippen LogP contribution in [0.15, 0.2) is 54.7 Å². The number of carbonyl (C=O) groups is 2. The average molecular weight is 451 g/mol. The smallest absolute Gasteiger partial charge is 0.267 e. The number of ether oxygens (including phenoxy) is 1. The van der Waals surface area contributed by atoms with Crippen LogP contribution in [0, 0.1) is 0 Å². The summed E-state index contributed by atoms with van der Waals surface area (Å²) in [7, 11) is 0. The first-order valence-corrected chi connectivity index (χ1v) is 10.6. The first-order chi connectivity index (χ1) is 15.4. The minimum atomic E-state index is -0.574. The number of rotatable bonds is 6. The normalized spacial score (nSPS) is 15.0. The van der Waals surface area contributed by atoms with Crippen LogP contribution >= 0.6 is 11.6 Å². The molecule has 5 N–H and O–H groups in total. The van der Waals surface area contributed by atoms with Crippen molar-refractivity contribution < 1.29 is 14.3 Å². The molecular weight excluding hydrogens is 428 g/mol. The van der Waals surface area contributed by atoms with Gasteiger partial charge in [-0.3, -0.25) is 14.6 Å². The lowest BCUT2D eigenvalue weighted by molar-refractivity contribution is 0.0932. The Bertz CT molecular complexity index is 1180. The summed E-state index contributed by atoms with van der Waals surface area (Å²) in [5.74, 6) is -0.0224. The van der Waals surface area contributed by atoms with E-state index in [9.17, 15) is 9.59 Å². The summed E-state index contributed by atoms with van der Waals surface area (Å²) in [4.78, 5) is 27.8. The summed E-state index contributed by atoms with van der Waals surface area (Å²) in [6, 6.07) is 14.3. The second kappa shape index (κ2) is 9.28. The molecule has 0 fully saturated rings. The third kappa shape index (κ3) is 5.00. The molecule has 0 bridgehead atoms. The Morgan fingerprint density at radius 2 is 1.97 bits per heavy atom. The van der Waals surface area contributed by atoms with Crippen LogP contribution in [0.1, 0.15) is 44.0 Å². The van der Waals surface area contributed by atoms with Gasteiger partial charge in [-0.15, -0.1) is 0 Å². The van der Waals surface area contributed by atoms with Gasteiger partial charge in [-0.05, 0) is 78.4 Å². The minimum Gasteiger partial charge on any atom is -0.489 e. The topological polar surface area (TPSA) is 120 Å². The van der Waals surface area contributed by atoms with Crippen molar-refractivity contribution in [2.75, 3.05) is 5.73 Å². The monoisotopic (exact) mass is 450 g/mol. The fourth-order valence-electron chi connectivity index (χ4n) is 3.77. The second-order valence-corrected chi connectivity index (χ2v) is 8.19. The molecule has 1 unspecified atom stereocenters. The van der Waals surface area contributed by atoms with Crippen LogP contribution in [0.3, 0.4) is 0 Å². The number of halogens is 1. The van der Waals surface area contributed by atoms with E-state index in [0.29, 0.717) is 29.3 Å². The number of aryl methyl sites for hydroxylation is 1. The van der Waals surface area contributed by atoms with E-state index >= 15 is 0 Å². The molecule has 0 spiro atoms. The lowest BCUT2D eigenvalue weighted by atomic mass is 9.88. The van der Waals surface area contributed by atoms with Gasteiger partial charge in [0.15, 0.2) is 0 Å². The van der Waals surface area contributed by atoms with Crippen molar-refractivity contribution in [3.8, 4) is 5.75 Å². The number of primary amides is 1. The number of anilines is 1. The van der Waals surface area contributed by atoms with Crippen LogP contribution in [0.2, 0.25) is 5.02 Å². The molecule has 0 saturated carbocycles. The van der Waals surface area contributed by atoms with Gasteiger partial charge in [-0.2, -0.15) is 0 Å². The van der Waals surface area contributed by atoms with E-state index in [2.05, 4.69) is 16.4 Å². The number of benzene rings is 2. The second-order valence-electron chi connectivity index (χ2n) is 7.78. The number of fused-ring (bicyclic) bond motifs is 1. The van der Waals surface area contributed by atoms with Gasteiger partial charge in [-0.25, -0.2) is 0 Å². The van der Waals surface area contributed by atoms with Gasteiger partial charge in [0.05, 0.1) is 10.7 Å². The summed E-state index contributed by atoms with van der Waals surface area (Å²) in [5, 5.41) is 3.52. The van der Waals surface area contributed by atoms with Gasteiger partial charge >= 0.3 is 0 Å². The van der Waals surface area contributed by atoms with Crippen molar-refractivity contribution in [3.63, 3.8) is 0 Å². The number of nitrogens with one attached hydrogen (secondary N) is 1. The van der Waals surface area contributed by atoms with E-state index in [1.807, 2.05) is 12.1 Å². The molecule has 2 amide bonds. The molecule has 2 aromatic carbocycles. The van der Waals surface area contributed by atoms with Crippen molar-refractivity contribution in [2.45, 2.75) is 31.9 Å². The fraction of sp³-hybridized carbons (Fsp3) is 0.208. The SMILES string of the molecule is NC(=O)c1cc(COc2ccc3c(c2)CC(NC(=O)c2ccc(Cl)c(N)c2)CC3)ccn1. The first-order valence-electron chi connectivity index (χ1n) is 10.2. The number of pyridine rings is 1. The first kappa shape index (κ1) is 21.6. The highest BCUT2D eigenvalue weighted by Crippen LogP contribution is 2.27. The molecule has 32 heavy (non-hydrogen) atoms. The molecule has 7 nitrogen and oxygen atoms in total. The van der Waals surface area contributed by atoms with Crippen molar-refractivity contribution in [2.24, 2.45) is 5.73 Å². The number of aromatic nitrogens is 1. The number of nitrogens with zero attached hydrogens (tertiary/aromatic N) is 1. The van der Waals surface area contributed by atoms with Crippen molar-refractivity contribution >= 4 is 29.1 Å². The predicted octanol–water partition coefficient (Wildman–Crippen LogP) is 3.28. The van der Waals surface area contributed by atoms with Crippen LogP contribution in [0.25, 0.3) is 0 Å². The predicted molar refractivity (Wildman–Crippen MR) is 123 cm³/mol. The average Bonchev–Trinajstić information content (AvgIpc) is 2.79. The van der Waals surface area contributed by atoms with E-state index in [1.54, 1.807) is 30.3 Å². The molecule has 1 aliphatic carbocycles. The molecule has 1 aromatic heterocycles. The molecule has 1 heterocycles. The molecule has 3 aromatic rings. The lowest BCUT2D eigenvalue weighted by Gasteiger charge is -2.26. The van der Waals surface area contributed by atoms with Crippen LogP contribution in [0.5, 0.6) is 5.75 Å². The van der Waals surface area contributed by atoms with E-state index < -0.39 is 5.91 Å². The zero-order chi connectivity index (χ0) is 22.7. The van der Waals surface area contributed by atoms with E-state index in [0.717, 1.165) is 29.7 Å². The summed E-state index contributed by atoms with van der Waals surface area (Å²) >= 11 is 5.94. The summed E-state index contributed by atoms with van der Waals surface area (Å²) in [6.07, 6.45) is 3.97. The maximum Gasteiger partial charge on any atom is 0.267 e. The molecule has 4 rings (SSSR count).